The number of amides is 1. The number of halogens is 2. The highest BCUT2D eigenvalue weighted by atomic mass is 127. The van der Waals surface area contributed by atoms with Crippen molar-refractivity contribution in [2.75, 3.05) is 30.4 Å². The number of carbonyl (C=O) groups excluding carboxylic acids is 1. The first-order valence-electron chi connectivity index (χ1n) is 11.4. The number of hydrogen-bond donors (Lipinski definition) is 1. The second-order valence-electron chi connectivity index (χ2n) is 7.79. The van der Waals surface area contributed by atoms with Gasteiger partial charge in [-0.25, -0.2) is 4.39 Å². The van der Waals surface area contributed by atoms with E-state index in [9.17, 15) is 14.4 Å². The molecule has 3 aromatic carbocycles. The Morgan fingerprint density at radius 1 is 1.11 bits per heavy atom. The molecule has 1 N–H and O–H groups in total. The van der Waals surface area contributed by atoms with Crippen molar-refractivity contribution in [1.29, 1.82) is 5.26 Å². The van der Waals surface area contributed by atoms with Crippen molar-refractivity contribution in [2.45, 2.75) is 20.5 Å². The van der Waals surface area contributed by atoms with Gasteiger partial charge in [0.25, 0.3) is 5.91 Å². The molecule has 0 aliphatic carbocycles. The molecule has 0 spiro atoms. The average molecular weight is 599 g/mol. The molecule has 6 nitrogen and oxygen atoms in total. The van der Waals surface area contributed by atoms with E-state index in [1.807, 2.05) is 30.3 Å². The molecule has 3 aromatic rings. The number of nitriles is 1. The van der Waals surface area contributed by atoms with E-state index in [-0.39, 0.29) is 18.0 Å². The molecule has 1 amide bonds. The molecule has 0 unspecified atom stereocenters. The lowest BCUT2D eigenvalue weighted by Gasteiger charge is -2.21. The molecule has 0 aromatic heterocycles. The molecule has 0 fully saturated rings. The summed E-state index contributed by atoms with van der Waals surface area (Å²) in [4.78, 5) is 15.0. The van der Waals surface area contributed by atoms with Crippen LogP contribution in [0.25, 0.3) is 6.08 Å². The Hall–Kier alpha value is -3.58. The van der Waals surface area contributed by atoms with Crippen LogP contribution in [0.4, 0.5) is 15.8 Å². The summed E-state index contributed by atoms with van der Waals surface area (Å²) in [7, 11) is 1.52. The first-order valence-corrected chi connectivity index (χ1v) is 12.5. The van der Waals surface area contributed by atoms with Crippen molar-refractivity contribution in [2.24, 2.45) is 0 Å². The number of nitrogens with one attached hydrogen (secondary N) is 1. The summed E-state index contributed by atoms with van der Waals surface area (Å²) in [5, 5.41) is 12.4. The molecule has 0 radical (unpaired) electrons. The first-order chi connectivity index (χ1) is 17.4. The van der Waals surface area contributed by atoms with E-state index in [1.165, 1.54) is 25.3 Å². The molecular formula is C28H27FIN3O3. The minimum absolute atomic E-state index is 0.0411. The van der Waals surface area contributed by atoms with Crippen LogP contribution in [0.5, 0.6) is 11.5 Å². The second-order valence-corrected chi connectivity index (χ2v) is 8.95. The predicted molar refractivity (Wildman–Crippen MR) is 149 cm³/mol. The van der Waals surface area contributed by atoms with E-state index < -0.39 is 5.91 Å². The second kappa shape index (κ2) is 12.9. The van der Waals surface area contributed by atoms with E-state index >= 15 is 0 Å². The van der Waals surface area contributed by atoms with Crippen LogP contribution >= 0.6 is 22.6 Å². The van der Waals surface area contributed by atoms with Gasteiger partial charge in [0.2, 0.25) is 0 Å². The van der Waals surface area contributed by atoms with Crippen molar-refractivity contribution < 1.29 is 18.7 Å². The largest absolute Gasteiger partial charge is 0.493 e. The van der Waals surface area contributed by atoms with Crippen LogP contribution in [0.2, 0.25) is 0 Å². The third-order valence-corrected chi connectivity index (χ3v) is 6.28. The highest BCUT2D eigenvalue weighted by Gasteiger charge is 2.15. The Balaban J connectivity index is 1.76. The maximum Gasteiger partial charge on any atom is 0.266 e. The zero-order valence-electron chi connectivity index (χ0n) is 20.3. The third-order valence-electron chi connectivity index (χ3n) is 5.48. The zero-order valence-corrected chi connectivity index (χ0v) is 22.5. The van der Waals surface area contributed by atoms with Gasteiger partial charge in [0.1, 0.15) is 24.1 Å². The van der Waals surface area contributed by atoms with Gasteiger partial charge >= 0.3 is 0 Å². The van der Waals surface area contributed by atoms with Crippen molar-refractivity contribution in [3.05, 3.63) is 86.8 Å². The van der Waals surface area contributed by atoms with E-state index in [2.05, 4.69) is 46.7 Å². The van der Waals surface area contributed by atoms with Crippen molar-refractivity contribution in [1.82, 2.24) is 0 Å². The fourth-order valence-electron chi connectivity index (χ4n) is 3.56. The molecule has 186 valence electrons. The normalized spacial score (nSPS) is 10.9. The van der Waals surface area contributed by atoms with Gasteiger partial charge in [-0.15, -0.1) is 0 Å². The molecule has 0 bridgehead atoms. The van der Waals surface area contributed by atoms with Crippen LogP contribution in [-0.2, 0) is 11.4 Å². The van der Waals surface area contributed by atoms with Crippen LogP contribution in [0.15, 0.2) is 66.2 Å². The molecule has 0 heterocycles. The highest BCUT2D eigenvalue weighted by molar-refractivity contribution is 14.1. The lowest BCUT2D eigenvalue weighted by Crippen LogP contribution is -2.21. The number of ether oxygens (including phenoxy) is 2. The monoisotopic (exact) mass is 599 g/mol. The molecule has 8 heteroatoms. The Labute approximate surface area is 224 Å². The number of anilines is 2. The summed E-state index contributed by atoms with van der Waals surface area (Å²) in [6, 6.07) is 19.1. The maximum absolute atomic E-state index is 13.1. The molecular weight excluding hydrogens is 572 g/mol. The van der Waals surface area contributed by atoms with Gasteiger partial charge < -0.3 is 19.7 Å². The van der Waals surface area contributed by atoms with Gasteiger partial charge in [-0.2, -0.15) is 5.26 Å². The fraction of sp³-hybridized carbons (Fsp3) is 0.214. The summed E-state index contributed by atoms with van der Waals surface area (Å²) in [6.45, 7) is 6.19. The van der Waals surface area contributed by atoms with Crippen LogP contribution in [0.3, 0.4) is 0 Å². The minimum Gasteiger partial charge on any atom is -0.493 e. The maximum atomic E-state index is 13.1. The number of methoxy groups -OCH3 is 1. The topological polar surface area (TPSA) is 74.6 Å². The Morgan fingerprint density at radius 2 is 1.78 bits per heavy atom. The van der Waals surface area contributed by atoms with Gasteiger partial charge in [0.15, 0.2) is 11.5 Å². The number of hydrogen-bond acceptors (Lipinski definition) is 5. The summed E-state index contributed by atoms with van der Waals surface area (Å²) in [5.41, 5.74) is 3.06. The molecule has 0 atom stereocenters. The number of benzene rings is 3. The van der Waals surface area contributed by atoms with Crippen LogP contribution in [-0.4, -0.2) is 26.1 Å². The summed E-state index contributed by atoms with van der Waals surface area (Å²) >= 11 is 2.11. The quantitative estimate of drug-likeness (QED) is 0.166. The minimum atomic E-state index is -0.501. The molecule has 0 saturated carbocycles. The van der Waals surface area contributed by atoms with Crippen molar-refractivity contribution in [3.8, 4) is 17.6 Å². The van der Waals surface area contributed by atoms with Crippen LogP contribution < -0.4 is 19.7 Å². The molecule has 0 aliphatic heterocycles. The molecule has 0 saturated heterocycles. The zero-order chi connectivity index (χ0) is 26.1. The smallest absolute Gasteiger partial charge is 0.266 e. The standard InChI is InChI=1S/C28H27FIN3O3/c1-4-33(5-2)24-12-10-23(11-13-24)32-28(34)21(17-31)14-20-15-25(30)27(26(16-20)35-3)36-18-19-6-8-22(29)9-7-19/h6-16H,4-5,18H2,1-3H3,(H,32,34)/b21-14-. The van der Waals surface area contributed by atoms with Gasteiger partial charge in [-0.05, 0) is 102 Å². The van der Waals surface area contributed by atoms with Gasteiger partial charge in [0, 0.05) is 24.5 Å². The predicted octanol–water partition coefficient (Wildman–Crippen LogP) is 6.41. The van der Waals surface area contributed by atoms with E-state index in [1.54, 1.807) is 24.3 Å². The third kappa shape index (κ3) is 6.98. The Morgan fingerprint density at radius 3 is 2.36 bits per heavy atom. The first kappa shape index (κ1) is 27.0. The van der Waals surface area contributed by atoms with Crippen LogP contribution in [0.1, 0.15) is 25.0 Å². The van der Waals surface area contributed by atoms with E-state index in [0.29, 0.717) is 22.7 Å². The lowest BCUT2D eigenvalue weighted by atomic mass is 10.1. The Bertz CT molecular complexity index is 1260. The van der Waals surface area contributed by atoms with E-state index in [0.717, 1.165) is 27.9 Å². The summed E-state index contributed by atoms with van der Waals surface area (Å²) in [5.74, 6) is 0.172. The number of nitrogens with zero attached hydrogens (tertiary/aromatic N) is 2. The fourth-order valence-corrected chi connectivity index (χ4v) is 4.34. The summed E-state index contributed by atoms with van der Waals surface area (Å²) in [6.07, 6.45) is 1.51. The SMILES string of the molecule is CCN(CC)c1ccc(NC(=O)/C(C#N)=C\c2cc(I)c(OCc3ccc(F)cc3)c(OC)c2)cc1. The molecule has 36 heavy (non-hydrogen) atoms. The molecule has 0 aliphatic rings. The average Bonchev–Trinajstić information content (AvgIpc) is 2.88. The molecule has 3 rings (SSSR count). The summed E-state index contributed by atoms with van der Waals surface area (Å²) < 4.78 is 25.3. The number of rotatable bonds is 10. The van der Waals surface area contributed by atoms with Gasteiger partial charge in [0.05, 0.1) is 10.7 Å². The van der Waals surface area contributed by atoms with Crippen LogP contribution in [0, 0.1) is 20.7 Å². The van der Waals surface area contributed by atoms with Crippen molar-refractivity contribution >= 4 is 45.9 Å². The van der Waals surface area contributed by atoms with Gasteiger partial charge in [-0.3, -0.25) is 4.79 Å². The van der Waals surface area contributed by atoms with Gasteiger partial charge in [-0.1, -0.05) is 12.1 Å². The number of carbonyl (C=O) groups is 1. The highest BCUT2D eigenvalue weighted by Crippen LogP contribution is 2.35. The lowest BCUT2D eigenvalue weighted by molar-refractivity contribution is -0.112. The van der Waals surface area contributed by atoms with E-state index in [4.69, 9.17) is 9.47 Å². The Kier molecular flexibility index (Phi) is 9.70. The van der Waals surface area contributed by atoms with Crippen molar-refractivity contribution in [3.63, 3.8) is 0 Å².